The highest BCUT2D eigenvalue weighted by Crippen LogP contribution is 2.24. The van der Waals surface area contributed by atoms with Crippen molar-refractivity contribution in [3.63, 3.8) is 0 Å². The average molecular weight is 234 g/mol. The first-order chi connectivity index (χ1) is 8.86. The first-order valence-electron chi connectivity index (χ1n) is 6.01. The molecule has 2 heteroatoms. The zero-order chi connectivity index (χ0) is 12.4. The number of hydrogen-bond donors (Lipinski definition) is 1. The van der Waals surface area contributed by atoms with Crippen LogP contribution < -0.4 is 5.73 Å². The Hall–Kier alpha value is -2.19. The maximum absolute atomic E-state index is 5.60. The minimum atomic E-state index is 0.483. The smallest absolute Gasteiger partial charge is 0.0545 e. The molecule has 0 amide bonds. The summed E-state index contributed by atoms with van der Waals surface area (Å²) < 4.78 is 0. The van der Waals surface area contributed by atoms with Crippen LogP contribution in [0.1, 0.15) is 5.69 Å². The Bertz CT molecular complexity index is 675. The van der Waals surface area contributed by atoms with E-state index in [2.05, 4.69) is 47.4 Å². The third-order valence-electron chi connectivity index (χ3n) is 3.09. The van der Waals surface area contributed by atoms with Gasteiger partial charge in [0.25, 0.3) is 0 Å². The molecule has 2 nitrogen and oxygen atoms in total. The van der Waals surface area contributed by atoms with Crippen molar-refractivity contribution in [2.75, 3.05) is 0 Å². The summed E-state index contributed by atoms with van der Waals surface area (Å²) in [4.78, 5) is 4.34. The van der Waals surface area contributed by atoms with Gasteiger partial charge in [-0.25, -0.2) is 0 Å². The molecule has 0 radical (unpaired) electrons. The number of pyridine rings is 1. The summed E-state index contributed by atoms with van der Waals surface area (Å²) in [6.07, 6.45) is 1.89. The van der Waals surface area contributed by atoms with Crippen molar-refractivity contribution >= 4 is 10.8 Å². The summed E-state index contributed by atoms with van der Waals surface area (Å²) in [7, 11) is 0. The SMILES string of the molecule is NCc1cc2ccc(-c3ccccc3)cc2cn1. The molecule has 0 unspecified atom stereocenters. The molecule has 88 valence electrons. The normalized spacial score (nSPS) is 10.7. The Kier molecular flexibility index (Phi) is 2.79. The van der Waals surface area contributed by atoms with Gasteiger partial charge in [0.2, 0.25) is 0 Å². The number of nitrogens with zero attached hydrogens (tertiary/aromatic N) is 1. The molecule has 3 rings (SSSR count). The van der Waals surface area contributed by atoms with Crippen LogP contribution in [0.2, 0.25) is 0 Å². The van der Waals surface area contributed by atoms with Crippen LogP contribution in [-0.4, -0.2) is 4.98 Å². The zero-order valence-electron chi connectivity index (χ0n) is 10.0. The maximum atomic E-state index is 5.60. The van der Waals surface area contributed by atoms with E-state index in [1.54, 1.807) is 0 Å². The minimum Gasteiger partial charge on any atom is -0.325 e. The molecule has 18 heavy (non-hydrogen) atoms. The summed E-state index contributed by atoms with van der Waals surface area (Å²) >= 11 is 0. The number of nitrogens with two attached hydrogens (primary N) is 1. The summed E-state index contributed by atoms with van der Waals surface area (Å²) in [5.41, 5.74) is 8.96. The lowest BCUT2D eigenvalue weighted by Gasteiger charge is -2.05. The molecular formula is C16H14N2. The summed E-state index contributed by atoms with van der Waals surface area (Å²) in [6, 6.07) is 18.8. The van der Waals surface area contributed by atoms with E-state index in [-0.39, 0.29) is 0 Å². The second-order valence-electron chi connectivity index (χ2n) is 4.31. The molecule has 1 aromatic heterocycles. The van der Waals surface area contributed by atoms with Gasteiger partial charge in [-0.3, -0.25) is 4.98 Å². The van der Waals surface area contributed by atoms with Gasteiger partial charge in [0.1, 0.15) is 0 Å². The average Bonchev–Trinajstić information content (AvgIpc) is 2.47. The third kappa shape index (κ3) is 1.98. The highest BCUT2D eigenvalue weighted by atomic mass is 14.7. The van der Waals surface area contributed by atoms with Crippen molar-refractivity contribution in [2.24, 2.45) is 5.73 Å². The second kappa shape index (κ2) is 4.59. The fourth-order valence-corrected chi connectivity index (χ4v) is 2.11. The van der Waals surface area contributed by atoms with Crippen molar-refractivity contribution in [2.45, 2.75) is 6.54 Å². The quantitative estimate of drug-likeness (QED) is 0.738. The van der Waals surface area contributed by atoms with E-state index >= 15 is 0 Å². The van der Waals surface area contributed by atoms with Crippen molar-refractivity contribution < 1.29 is 0 Å². The molecule has 2 aromatic carbocycles. The van der Waals surface area contributed by atoms with Gasteiger partial charge in [0, 0.05) is 18.1 Å². The topological polar surface area (TPSA) is 38.9 Å². The first-order valence-corrected chi connectivity index (χ1v) is 6.01. The molecule has 0 aliphatic heterocycles. The van der Waals surface area contributed by atoms with Crippen LogP contribution in [0.15, 0.2) is 60.8 Å². The minimum absolute atomic E-state index is 0.483. The Balaban J connectivity index is 2.12. The van der Waals surface area contributed by atoms with Gasteiger partial charge in [0.05, 0.1) is 5.69 Å². The van der Waals surface area contributed by atoms with E-state index in [4.69, 9.17) is 5.73 Å². The Morgan fingerprint density at radius 1 is 0.833 bits per heavy atom. The summed E-state index contributed by atoms with van der Waals surface area (Å²) in [5.74, 6) is 0. The molecule has 1 heterocycles. The number of hydrogen-bond acceptors (Lipinski definition) is 2. The molecule has 0 atom stereocenters. The van der Waals surface area contributed by atoms with Gasteiger partial charge in [-0.2, -0.15) is 0 Å². The highest BCUT2D eigenvalue weighted by molar-refractivity contribution is 5.86. The Labute approximate surface area is 106 Å². The highest BCUT2D eigenvalue weighted by Gasteiger charge is 2.00. The van der Waals surface area contributed by atoms with Gasteiger partial charge >= 0.3 is 0 Å². The van der Waals surface area contributed by atoms with E-state index in [9.17, 15) is 0 Å². The van der Waals surface area contributed by atoms with Crippen molar-refractivity contribution in [3.05, 3.63) is 66.5 Å². The van der Waals surface area contributed by atoms with Gasteiger partial charge in [-0.05, 0) is 28.6 Å². The standard InChI is InChI=1S/C16H14N2/c17-10-16-9-14-7-6-13(8-15(14)11-18-16)12-4-2-1-3-5-12/h1-9,11H,10,17H2. The number of benzene rings is 2. The van der Waals surface area contributed by atoms with Crippen LogP contribution in [0.25, 0.3) is 21.9 Å². The van der Waals surface area contributed by atoms with Gasteiger partial charge < -0.3 is 5.73 Å². The van der Waals surface area contributed by atoms with E-state index < -0.39 is 0 Å². The molecule has 3 aromatic rings. The van der Waals surface area contributed by atoms with Crippen molar-refractivity contribution in [1.82, 2.24) is 4.98 Å². The monoisotopic (exact) mass is 234 g/mol. The lowest BCUT2D eigenvalue weighted by Crippen LogP contribution is -1.98. The van der Waals surface area contributed by atoms with Crippen LogP contribution in [0.3, 0.4) is 0 Å². The molecule has 0 fully saturated rings. The summed E-state index contributed by atoms with van der Waals surface area (Å²) in [6.45, 7) is 0.483. The Morgan fingerprint density at radius 2 is 1.67 bits per heavy atom. The fraction of sp³-hybridized carbons (Fsp3) is 0.0625. The maximum Gasteiger partial charge on any atom is 0.0545 e. The molecule has 0 aliphatic carbocycles. The van der Waals surface area contributed by atoms with Crippen LogP contribution in [0, 0.1) is 0 Å². The number of rotatable bonds is 2. The van der Waals surface area contributed by atoms with Crippen molar-refractivity contribution in [3.8, 4) is 11.1 Å². The van der Waals surface area contributed by atoms with Gasteiger partial charge in [0.15, 0.2) is 0 Å². The van der Waals surface area contributed by atoms with E-state index in [0.29, 0.717) is 6.54 Å². The molecule has 2 N–H and O–H groups in total. The first kappa shape index (κ1) is 10.9. The van der Waals surface area contributed by atoms with Crippen LogP contribution >= 0.6 is 0 Å². The molecule has 0 spiro atoms. The van der Waals surface area contributed by atoms with E-state index in [1.165, 1.54) is 16.5 Å². The number of aromatic nitrogens is 1. The predicted octanol–water partition coefficient (Wildman–Crippen LogP) is 3.36. The molecule has 0 bridgehead atoms. The lowest BCUT2D eigenvalue weighted by atomic mass is 10.0. The zero-order valence-corrected chi connectivity index (χ0v) is 10.0. The lowest BCUT2D eigenvalue weighted by molar-refractivity contribution is 0.998. The van der Waals surface area contributed by atoms with Gasteiger partial charge in [-0.15, -0.1) is 0 Å². The van der Waals surface area contributed by atoms with Gasteiger partial charge in [-0.1, -0.05) is 42.5 Å². The summed E-state index contributed by atoms with van der Waals surface area (Å²) in [5, 5.41) is 2.33. The van der Waals surface area contributed by atoms with E-state index in [1.807, 2.05) is 18.3 Å². The van der Waals surface area contributed by atoms with Crippen LogP contribution in [0.5, 0.6) is 0 Å². The fourth-order valence-electron chi connectivity index (χ4n) is 2.11. The van der Waals surface area contributed by atoms with Crippen LogP contribution in [0.4, 0.5) is 0 Å². The predicted molar refractivity (Wildman–Crippen MR) is 75.1 cm³/mol. The van der Waals surface area contributed by atoms with Crippen molar-refractivity contribution in [1.29, 1.82) is 0 Å². The van der Waals surface area contributed by atoms with Crippen LogP contribution in [-0.2, 0) is 6.54 Å². The van der Waals surface area contributed by atoms with E-state index in [0.717, 1.165) is 11.1 Å². The third-order valence-corrected chi connectivity index (χ3v) is 3.09. The largest absolute Gasteiger partial charge is 0.325 e. The molecule has 0 saturated carbocycles. The molecular weight excluding hydrogens is 220 g/mol. The molecule has 0 saturated heterocycles. The molecule has 0 aliphatic rings. The Morgan fingerprint density at radius 3 is 2.44 bits per heavy atom. The number of fused-ring (bicyclic) bond motifs is 1. The second-order valence-corrected chi connectivity index (χ2v) is 4.31.